The fourth-order valence-corrected chi connectivity index (χ4v) is 6.51. The van der Waals surface area contributed by atoms with Crippen LogP contribution in [0, 0.1) is 20.8 Å². The van der Waals surface area contributed by atoms with Gasteiger partial charge in [-0.2, -0.15) is 0 Å². The van der Waals surface area contributed by atoms with E-state index < -0.39 is 28.5 Å². The van der Waals surface area contributed by atoms with Crippen LogP contribution in [0.2, 0.25) is 0 Å². The number of rotatable bonds is 14. The summed E-state index contributed by atoms with van der Waals surface area (Å²) in [6.07, 6.45) is 1.09. The molecule has 3 aromatic rings. The molecule has 0 spiro atoms. The topological polar surface area (TPSA) is 105 Å². The van der Waals surface area contributed by atoms with Gasteiger partial charge < -0.3 is 19.7 Å². The van der Waals surface area contributed by atoms with Gasteiger partial charge in [-0.1, -0.05) is 49.7 Å². The Bertz CT molecular complexity index is 1550. The van der Waals surface area contributed by atoms with E-state index in [1.807, 2.05) is 71.9 Å². The van der Waals surface area contributed by atoms with Crippen molar-refractivity contribution in [3.05, 3.63) is 82.9 Å². The minimum absolute atomic E-state index is 0.0612. The first-order chi connectivity index (χ1) is 20.8. The predicted molar refractivity (Wildman–Crippen MR) is 174 cm³/mol. The molecular weight excluding hydrogens is 578 g/mol. The standard InChI is InChI=1S/C34H45N3O6S/c1-9-26(6)35-34(39)30(10-2)36(21-27-13-11-12-23(3)17-27)33(38)22-37(28-18-24(4)16-25(5)19-28)44(40,41)29-14-15-31(42-7)32(20-29)43-8/h11-20,26,30H,9-10,21-22H2,1-8H3,(H,35,39). The number of hydrogen-bond acceptors (Lipinski definition) is 6. The Labute approximate surface area is 262 Å². The van der Waals surface area contributed by atoms with Crippen molar-refractivity contribution in [1.29, 1.82) is 0 Å². The maximum Gasteiger partial charge on any atom is 0.264 e. The summed E-state index contributed by atoms with van der Waals surface area (Å²) in [5.74, 6) is -0.151. The molecule has 0 aromatic heterocycles. The summed E-state index contributed by atoms with van der Waals surface area (Å²) < 4.78 is 40.4. The number of carbonyl (C=O) groups excluding carboxylic acids is 2. The monoisotopic (exact) mass is 623 g/mol. The predicted octanol–water partition coefficient (Wildman–Crippen LogP) is 5.55. The van der Waals surface area contributed by atoms with Crippen LogP contribution in [0.4, 0.5) is 5.69 Å². The molecule has 0 heterocycles. The van der Waals surface area contributed by atoms with Gasteiger partial charge in [0, 0.05) is 18.7 Å². The first kappa shape index (κ1) is 34.4. The Hall–Kier alpha value is -4.05. The molecule has 0 aliphatic rings. The van der Waals surface area contributed by atoms with Gasteiger partial charge in [0.05, 0.1) is 24.8 Å². The highest BCUT2D eigenvalue weighted by molar-refractivity contribution is 7.92. The molecule has 0 aliphatic heterocycles. The molecule has 2 amide bonds. The van der Waals surface area contributed by atoms with E-state index in [1.165, 1.54) is 37.3 Å². The number of aryl methyl sites for hydroxylation is 3. The number of anilines is 1. The van der Waals surface area contributed by atoms with Gasteiger partial charge in [-0.05, 0) is 81.5 Å². The van der Waals surface area contributed by atoms with E-state index in [0.29, 0.717) is 17.9 Å². The highest BCUT2D eigenvalue weighted by Gasteiger charge is 2.34. The van der Waals surface area contributed by atoms with E-state index in [-0.39, 0.29) is 29.1 Å². The number of nitrogens with one attached hydrogen (secondary N) is 1. The molecule has 0 aliphatic carbocycles. The van der Waals surface area contributed by atoms with Crippen LogP contribution in [0.5, 0.6) is 11.5 Å². The molecule has 44 heavy (non-hydrogen) atoms. The van der Waals surface area contributed by atoms with Crippen LogP contribution >= 0.6 is 0 Å². The highest BCUT2D eigenvalue weighted by Crippen LogP contribution is 2.33. The average Bonchev–Trinajstić information content (AvgIpc) is 2.98. The lowest BCUT2D eigenvalue weighted by Crippen LogP contribution is -2.53. The summed E-state index contributed by atoms with van der Waals surface area (Å²) in [5.41, 5.74) is 3.89. The van der Waals surface area contributed by atoms with Crippen molar-refractivity contribution in [1.82, 2.24) is 10.2 Å². The van der Waals surface area contributed by atoms with Crippen molar-refractivity contribution in [2.24, 2.45) is 0 Å². The van der Waals surface area contributed by atoms with Gasteiger partial charge in [0.15, 0.2) is 11.5 Å². The van der Waals surface area contributed by atoms with Gasteiger partial charge in [-0.3, -0.25) is 13.9 Å². The Morgan fingerprint density at radius 2 is 1.50 bits per heavy atom. The number of carbonyl (C=O) groups is 2. The summed E-state index contributed by atoms with van der Waals surface area (Å²) in [7, 11) is -1.38. The van der Waals surface area contributed by atoms with Crippen LogP contribution in [0.3, 0.4) is 0 Å². The fraction of sp³-hybridized carbons (Fsp3) is 0.412. The molecule has 0 saturated heterocycles. The Morgan fingerprint density at radius 3 is 2.07 bits per heavy atom. The summed E-state index contributed by atoms with van der Waals surface area (Å²) in [6.45, 7) is 11.1. The molecule has 2 unspecified atom stereocenters. The maximum atomic E-state index is 14.3. The Morgan fingerprint density at radius 1 is 0.841 bits per heavy atom. The number of benzene rings is 3. The number of sulfonamides is 1. The number of hydrogen-bond donors (Lipinski definition) is 1. The highest BCUT2D eigenvalue weighted by atomic mass is 32.2. The molecule has 0 fully saturated rings. The van der Waals surface area contributed by atoms with Crippen molar-refractivity contribution < 1.29 is 27.5 Å². The van der Waals surface area contributed by atoms with Crippen LogP contribution < -0.4 is 19.1 Å². The van der Waals surface area contributed by atoms with E-state index in [1.54, 1.807) is 12.1 Å². The molecule has 3 rings (SSSR count). The quantitative estimate of drug-likeness (QED) is 0.253. The summed E-state index contributed by atoms with van der Waals surface area (Å²) >= 11 is 0. The van der Waals surface area contributed by atoms with Gasteiger partial charge in [-0.15, -0.1) is 0 Å². The van der Waals surface area contributed by atoms with Crippen LogP contribution in [0.15, 0.2) is 65.6 Å². The minimum Gasteiger partial charge on any atom is -0.493 e. The van der Waals surface area contributed by atoms with Gasteiger partial charge >= 0.3 is 0 Å². The number of nitrogens with zero attached hydrogens (tertiary/aromatic N) is 2. The Kier molecular flexibility index (Phi) is 11.8. The normalized spacial score (nSPS) is 12.6. The zero-order valence-corrected chi connectivity index (χ0v) is 27.8. The zero-order valence-electron chi connectivity index (χ0n) is 27.0. The number of ether oxygens (including phenoxy) is 2. The largest absolute Gasteiger partial charge is 0.493 e. The van der Waals surface area contributed by atoms with Crippen molar-refractivity contribution in [3.63, 3.8) is 0 Å². The summed E-state index contributed by atoms with van der Waals surface area (Å²) in [5, 5.41) is 3.00. The van der Waals surface area contributed by atoms with E-state index in [9.17, 15) is 18.0 Å². The summed E-state index contributed by atoms with van der Waals surface area (Å²) in [4.78, 5) is 29.3. The van der Waals surface area contributed by atoms with Crippen molar-refractivity contribution in [2.75, 3.05) is 25.1 Å². The second-order valence-electron chi connectivity index (χ2n) is 11.1. The van der Waals surface area contributed by atoms with Crippen molar-refractivity contribution >= 4 is 27.5 Å². The van der Waals surface area contributed by atoms with Gasteiger partial charge in [0.2, 0.25) is 11.8 Å². The zero-order chi connectivity index (χ0) is 32.6. The number of amides is 2. The van der Waals surface area contributed by atoms with E-state index in [0.717, 1.165) is 33.0 Å². The second kappa shape index (κ2) is 15.1. The third kappa shape index (κ3) is 8.31. The third-order valence-electron chi connectivity index (χ3n) is 7.54. The third-order valence-corrected chi connectivity index (χ3v) is 9.31. The first-order valence-electron chi connectivity index (χ1n) is 14.8. The molecule has 3 aromatic carbocycles. The molecule has 0 bridgehead atoms. The van der Waals surface area contributed by atoms with Crippen molar-refractivity contribution in [2.45, 2.75) is 77.9 Å². The summed E-state index contributed by atoms with van der Waals surface area (Å²) in [6, 6.07) is 16.6. The molecular formula is C34H45N3O6S. The minimum atomic E-state index is -4.28. The van der Waals surface area contributed by atoms with E-state index in [4.69, 9.17) is 9.47 Å². The lowest BCUT2D eigenvalue weighted by molar-refractivity contribution is -0.140. The van der Waals surface area contributed by atoms with Crippen LogP contribution in [-0.4, -0.2) is 58.0 Å². The second-order valence-corrected chi connectivity index (χ2v) is 13.0. The molecule has 2 atom stereocenters. The van der Waals surface area contributed by atoms with Gasteiger partial charge in [0.25, 0.3) is 10.0 Å². The molecule has 0 saturated carbocycles. The van der Waals surface area contributed by atoms with Gasteiger partial charge in [-0.25, -0.2) is 8.42 Å². The molecule has 1 N–H and O–H groups in total. The molecule has 238 valence electrons. The lowest BCUT2D eigenvalue weighted by atomic mass is 10.1. The van der Waals surface area contributed by atoms with Crippen LogP contribution in [-0.2, 0) is 26.2 Å². The van der Waals surface area contributed by atoms with Crippen LogP contribution in [0.25, 0.3) is 0 Å². The van der Waals surface area contributed by atoms with Crippen molar-refractivity contribution in [3.8, 4) is 11.5 Å². The molecule has 9 nitrogen and oxygen atoms in total. The van der Waals surface area contributed by atoms with Crippen LogP contribution in [0.1, 0.15) is 55.9 Å². The molecule has 0 radical (unpaired) electrons. The number of methoxy groups -OCH3 is 2. The van der Waals surface area contributed by atoms with E-state index >= 15 is 0 Å². The average molecular weight is 624 g/mol. The Balaban J connectivity index is 2.14. The lowest BCUT2D eigenvalue weighted by Gasteiger charge is -2.34. The first-order valence-corrected chi connectivity index (χ1v) is 16.3. The SMILES string of the molecule is CCC(C)NC(=O)C(CC)N(Cc1cccc(C)c1)C(=O)CN(c1cc(C)cc(C)c1)S(=O)(=O)c1ccc(OC)c(OC)c1. The smallest absolute Gasteiger partial charge is 0.264 e. The maximum absolute atomic E-state index is 14.3. The van der Waals surface area contributed by atoms with Gasteiger partial charge in [0.1, 0.15) is 12.6 Å². The molecule has 10 heteroatoms. The van der Waals surface area contributed by atoms with E-state index in [2.05, 4.69) is 5.32 Å². The fourth-order valence-electron chi connectivity index (χ4n) is 5.10.